The molecule has 0 spiro atoms. The van der Waals surface area contributed by atoms with Crippen LogP contribution in [0.1, 0.15) is 155 Å². The van der Waals surface area contributed by atoms with Crippen LogP contribution < -0.4 is 0 Å². The van der Waals surface area contributed by atoms with Gasteiger partial charge in [0.1, 0.15) is 6.61 Å². The van der Waals surface area contributed by atoms with Crippen molar-refractivity contribution in [2.45, 2.75) is 161 Å². The zero-order valence-corrected chi connectivity index (χ0v) is 28.2. The first-order valence-electron chi connectivity index (χ1n) is 17.6. The standard InChI is InChI=1S/C38H64O6/c1-3-5-7-8-9-10-11-14-17-20-23-27-31-37(41)43-34-36(33-39)44-38(42)32-28-24-21-18-15-12-13-16-19-22-26-30-35(40)29-25-6-4-2/h12-13,18-19,21-22,26,30,36,39H,3-11,14-17,20,23-25,27-29,31-34H2,1-2H3/b13-12-,21-18-,22-19-,30-26+/t36-/m0/s1. The molecule has 6 nitrogen and oxygen atoms in total. The van der Waals surface area contributed by atoms with Crippen LogP contribution in [0, 0.1) is 0 Å². The molecule has 0 aromatic carbocycles. The van der Waals surface area contributed by atoms with Gasteiger partial charge >= 0.3 is 11.9 Å². The highest BCUT2D eigenvalue weighted by atomic mass is 16.6. The number of hydrogen-bond acceptors (Lipinski definition) is 6. The van der Waals surface area contributed by atoms with E-state index in [1.165, 1.54) is 57.8 Å². The van der Waals surface area contributed by atoms with Crippen LogP contribution in [0.15, 0.2) is 48.6 Å². The number of unbranched alkanes of at least 4 members (excludes halogenated alkanes) is 14. The van der Waals surface area contributed by atoms with E-state index in [-0.39, 0.29) is 31.4 Å². The first-order chi connectivity index (χ1) is 21.5. The van der Waals surface area contributed by atoms with E-state index in [2.05, 4.69) is 32.1 Å². The molecule has 0 aliphatic heterocycles. The predicted octanol–water partition coefficient (Wildman–Crippen LogP) is 9.85. The lowest BCUT2D eigenvalue weighted by Gasteiger charge is -2.15. The molecule has 0 saturated carbocycles. The summed E-state index contributed by atoms with van der Waals surface area (Å²) in [6.07, 6.45) is 37.2. The van der Waals surface area contributed by atoms with E-state index < -0.39 is 12.1 Å². The number of ketones is 1. The van der Waals surface area contributed by atoms with Gasteiger partial charge in [-0.15, -0.1) is 0 Å². The van der Waals surface area contributed by atoms with Crippen molar-refractivity contribution in [2.24, 2.45) is 0 Å². The summed E-state index contributed by atoms with van der Waals surface area (Å²) in [7, 11) is 0. The molecule has 252 valence electrons. The second-order valence-corrected chi connectivity index (χ2v) is 11.6. The van der Waals surface area contributed by atoms with E-state index in [4.69, 9.17) is 9.47 Å². The molecule has 0 fully saturated rings. The van der Waals surface area contributed by atoms with Crippen molar-refractivity contribution in [1.82, 2.24) is 0 Å². The third-order valence-corrected chi connectivity index (χ3v) is 7.35. The van der Waals surface area contributed by atoms with Gasteiger partial charge in [-0.05, 0) is 44.6 Å². The Hall–Kier alpha value is -2.47. The Morgan fingerprint density at radius 2 is 1.11 bits per heavy atom. The Morgan fingerprint density at radius 1 is 0.591 bits per heavy atom. The van der Waals surface area contributed by atoms with Gasteiger partial charge in [-0.1, -0.05) is 140 Å². The maximum Gasteiger partial charge on any atom is 0.306 e. The summed E-state index contributed by atoms with van der Waals surface area (Å²) in [6, 6.07) is 0. The van der Waals surface area contributed by atoms with Crippen molar-refractivity contribution in [1.29, 1.82) is 0 Å². The van der Waals surface area contributed by atoms with Gasteiger partial charge in [0, 0.05) is 19.3 Å². The molecule has 0 bridgehead atoms. The van der Waals surface area contributed by atoms with Gasteiger partial charge in [0.05, 0.1) is 6.61 Å². The molecule has 6 heteroatoms. The van der Waals surface area contributed by atoms with E-state index in [1.807, 2.05) is 24.3 Å². The lowest BCUT2D eigenvalue weighted by molar-refractivity contribution is -0.161. The summed E-state index contributed by atoms with van der Waals surface area (Å²) in [6.45, 7) is 3.91. The monoisotopic (exact) mass is 616 g/mol. The quantitative estimate of drug-likeness (QED) is 0.0274. The van der Waals surface area contributed by atoms with Crippen LogP contribution in [0.5, 0.6) is 0 Å². The second-order valence-electron chi connectivity index (χ2n) is 11.6. The fraction of sp³-hybridized carbons (Fsp3) is 0.711. The van der Waals surface area contributed by atoms with Crippen LogP contribution in [-0.4, -0.2) is 42.1 Å². The molecule has 0 aliphatic rings. The van der Waals surface area contributed by atoms with Gasteiger partial charge in [-0.25, -0.2) is 0 Å². The summed E-state index contributed by atoms with van der Waals surface area (Å²) in [5.41, 5.74) is 0. The average molecular weight is 617 g/mol. The highest BCUT2D eigenvalue weighted by Crippen LogP contribution is 2.13. The van der Waals surface area contributed by atoms with E-state index in [9.17, 15) is 19.5 Å². The van der Waals surface area contributed by atoms with E-state index >= 15 is 0 Å². The Balaban J connectivity index is 3.76. The third-order valence-electron chi connectivity index (χ3n) is 7.35. The number of ether oxygens (including phenoxy) is 2. The summed E-state index contributed by atoms with van der Waals surface area (Å²) in [5.74, 6) is -0.507. The molecule has 0 aliphatic carbocycles. The predicted molar refractivity (Wildman–Crippen MR) is 182 cm³/mol. The van der Waals surface area contributed by atoms with E-state index in [1.54, 1.807) is 6.08 Å². The minimum atomic E-state index is -0.815. The van der Waals surface area contributed by atoms with Crippen molar-refractivity contribution in [3.05, 3.63) is 48.6 Å². The van der Waals surface area contributed by atoms with Crippen LogP contribution in [0.2, 0.25) is 0 Å². The Labute approximate surface area is 269 Å². The highest BCUT2D eigenvalue weighted by Gasteiger charge is 2.15. The number of allylic oxidation sites excluding steroid dienone is 8. The second kappa shape index (κ2) is 33.4. The van der Waals surface area contributed by atoms with Gasteiger partial charge in [0.2, 0.25) is 0 Å². The van der Waals surface area contributed by atoms with Crippen molar-refractivity contribution < 1.29 is 29.0 Å². The summed E-state index contributed by atoms with van der Waals surface area (Å²) < 4.78 is 10.5. The van der Waals surface area contributed by atoms with Crippen molar-refractivity contribution in [2.75, 3.05) is 13.2 Å². The maximum absolute atomic E-state index is 12.1. The fourth-order valence-corrected chi connectivity index (χ4v) is 4.62. The smallest absolute Gasteiger partial charge is 0.306 e. The van der Waals surface area contributed by atoms with Gasteiger partial charge in [0.25, 0.3) is 0 Å². The van der Waals surface area contributed by atoms with Crippen LogP contribution in [0.4, 0.5) is 0 Å². The fourth-order valence-electron chi connectivity index (χ4n) is 4.62. The number of rotatable bonds is 31. The Morgan fingerprint density at radius 3 is 1.75 bits per heavy atom. The first-order valence-corrected chi connectivity index (χ1v) is 17.6. The SMILES string of the molecule is CCCCCCCCCCCCCCC(=O)OC[C@H](CO)OC(=O)CCC/C=C\C/C=C\C/C=C\C=C\C(=O)CCCCC. The molecule has 1 atom stereocenters. The molecule has 0 aromatic rings. The first kappa shape index (κ1) is 41.5. The van der Waals surface area contributed by atoms with Gasteiger partial charge in [-0.3, -0.25) is 14.4 Å². The highest BCUT2D eigenvalue weighted by molar-refractivity contribution is 5.89. The largest absolute Gasteiger partial charge is 0.462 e. The number of esters is 2. The summed E-state index contributed by atoms with van der Waals surface area (Å²) in [5, 5.41) is 9.50. The van der Waals surface area contributed by atoms with Crippen molar-refractivity contribution in [3.8, 4) is 0 Å². The molecule has 0 heterocycles. The molecule has 44 heavy (non-hydrogen) atoms. The topological polar surface area (TPSA) is 89.9 Å². The van der Waals surface area contributed by atoms with Gasteiger partial charge < -0.3 is 14.6 Å². The van der Waals surface area contributed by atoms with Crippen LogP contribution in [0.3, 0.4) is 0 Å². The molecule has 0 rings (SSSR count). The Bertz CT molecular complexity index is 810. The van der Waals surface area contributed by atoms with Gasteiger partial charge in [0.15, 0.2) is 11.9 Å². The lowest BCUT2D eigenvalue weighted by Crippen LogP contribution is -2.28. The number of aliphatic hydroxyl groups excluding tert-OH is 1. The normalized spacial score (nSPS) is 12.6. The Kier molecular flexibility index (Phi) is 31.5. The van der Waals surface area contributed by atoms with Crippen molar-refractivity contribution in [3.63, 3.8) is 0 Å². The molecule has 0 aromatic heterocycles. The third kappa shape index (κ3) is 31.0. The minimum absolute atomic E-state index is 0.103. The molecular weight excluding hydrogens is 552 g/mol. The average Bonchev–Trinajstić information content (AvgIpc) is 3.02. The summed E-state index contributed by atoms with van der Waals surface area (Å²) >= 11 is 0. The molecule has 0 unspecified atom stereocenters. The minimum Gasteiger partial charge on any atom is -0.462 e. The number of carbonyl (C=O) groups excluding carboxylic acids is 3. The molecular formula is C38H64O6. The van der Waals surface area contributed by atoms with Crippen LogP contribution in [0.25, 0.3) is 0 Å². The number of carbonyl (C=O) groups is 3. The molecule has 0 saturated heterocycles. The number of hydrogen-bond donors (Lipinski definition) is 1. The zero-order valence-electron chi connectivity index (χ0n) is 28.2. The van der Waals surface area contributed by atoms with E-state index in [0.29, 0.717) is 19.3 Å². The number of aliphatic hydroxyl groups is 1. The summed E-state index contributed by atoms with van der Waals surface area (Å²) in [4.78, 5) is 35.8. The zero-order chi connectivity index (χ0) is 32.4. The van der Waals surface area contributed by atoms with Crippen molar-refractivity contribution >= 4 is 17.7 Å². The van der Waals surface area contributed by atoms with E-state index in [0.717, 1.165) is 57.8 Å². The molecule has 1 N–H and O–H groups in total. The molecule has 0 amide bonds. The van der Waals surface area contributed by atoms with Crippen LogP contribution in [-0.2, 0) is 23.9 Å². The molecule has 0 radical (unpaired) electrons. The van der Waals surface area contributed by atoms with Crippen LogP contribution >= 0.6 is 0 Å². The maximum atomic E-state index is 12.1. The lowest BCUT2D eigenvalue weighted by atomic mass is 10.0. The van der Waals surface area contributed by atoms with Gasteiger partial charge in [-0.2, -0.15) is 0 Å².